The number of aliphatic carboxylic acids is 1. The van der Waals surface area contributed by atoms with Gasteiger partial charge in [-0.15, -0.1) is 0 Å². The van der Waals surface area contributed by atoms with Gasteiger partial charge in [0.1, 0.15) is 5.75 Å². The highest BCUT2D eigenvalue weighted by molar-refractivity contribution is 5.77. The molecular formula is C16H22O3. The van der Waals surface area contributed by atoms with Gasteiger partial charge in [-0.05, 0) is 29.0 Å². The normalized spacial score (nSPS) is 26.1. The van der Waals surface area contributed by atoms with Crippen LogP contribution in [0.2, 0.25) is 0 Å². The first-order valence-corrected chi connectivity index (χ1v) is 6.62. The Morgan fingerprint density at radius 3 is 2.47 bits per heavy atom. The third kappa shape index (κ3) is 2.34. The van der Waals surface area contributed by atoms with E-state index >= 15 is 0 Å². The summed E-state index contributed by atoms with van der Waals surface area (Å²) < 4.78 is 5.42. The largest absolute Gasteiger partial charge is 0.496 e. The van der Waals surface area contributed by atoms with E-state index in [1.807, 2.05) is 19.1 Å². The molecule has 0 heterocycles. The summed E-state index contributed by atoms with van der Waals surface area (Å²) in [7, 11) is 1.67. The third-order valence-corrected chi connectivity index (χ3v) is 4.20. The van der Waals surface area contributed by atoms with Gasteiger partial charge in [-0.3, -0.25) is 4.79 Å². The summed E-state index contributed by atoms with van der Waals surface area (Å²) in [4.78, 5) is 11.1. The molecule has 0 aliphatic heterocycles. The van der Waals surface area contributed by atoms with Crippen molar-refractivity contribution < 1.29 is 14.6 Å². The molecule has 0 radical (unpaired) electrons. The highest BCUT2D eigenvalue weighted by atomic mass is 16.5. The van der Waals surface area contributed by atoms with Crippen LogP contribution in [0.15, 0.2) is 18.2 Å². The molecule has 0 saturated heterocycles. The maximum Gasteiger partial charge on any atom is 0.307 e. The van der Waals surface area contributed by atoms with Gasteiger partial charge in [-0.2, -0.15) is 0 Å². The summed E-state index contributed by atoms with van der Waals surface area (Å²) in [6, 6.07) is 6.07. The Morgan fingerprint density at radius 1 is 1.42 bits per heavy atom. The maximum absolute atomic E-state index is 11.1. The Hall–Kier alpha value is -1.51. The van der Waals surface area contributed by atoms with E-state index in [1.165, 1.54) is 0 Å². The number of carboxylic acid groups (broad SMARTS) is 1. The minimum Gasteiger partial charge on any atom is -0.496 e. The SMILES string of the molecule is COc1ccc(C2(C)CC2C(=O)O)cc1C(C)(C)C. The lowest BCUT2D eigenvalue weighted by atomic mass is 9.83. The maximum atomic E-state index is 11.1. The predicted molar refractivity (Wildman–Crippen MR) is 74.8 cm³/mol. The molecule has 19 heavy (non-hydrogen) atoms. The highest BCUT2D eigenvalue weighted by Crippen LogP contribution is 2.54. The standard InChI is InChI=1S/C16H22O3/c1-15(2,3)11-8-10(6-7-13(11)19-5)16(4)9-12(16)14(17)18/h6-8,12H,9H2,1-5H3,(H,17,18). The molecule has 1 aliphatic rings. The first-order chi connectivity index (χ1) is 8.70. The summed E-state index contributed by atoms with van der Waals surface area (Å²) in [6.07, 6.45) is 0.720. The Morgan fingerprint density at radius 2 is 2.05 bits per heavy atom. The van der Waals surface area contributed by atoms with Crippen molar-refractivity contribution in [3.63, 3.8) is 0 Å². The van der Waals surface area contributed by atoms with Gasteiger partial charge in [0.05, 0.1) is 13.0 Å². The fraction of sp³-hybridized carbons (Fsp3) is 0.562. The van der Waals surface area contributed by atoms with Gasteiger partial charge in [-0.25, -0.2) is 0 Å². The number of carboxylic acids is 1. The molecule has 0 bridgehead atoms. The Kier molecular flexibility index (Phi) is 3.12. The molecule has 104 valence electrons. The molecule has 3 nitrogen and oxygen atoms in total. The molecule has 0 amide bonds. The van der Waals surface area contributed by atoms with Crippen LogP contribution in [0.4, 0.5) is 0 Å². The molecule has 0 aromatic heterocycles. The first-order valence-electron chi connectivity index (χ1n) is 6.62. The lowest BCUT2D eigenvalue weighted by molar-refractivity contribution is -0.138. The van der Waals surface area contributed by atoms with Crippen LogP contribution in [0, 0.1) is 5.92 Å². The zero-order chi connectivity index (χ0) is 14.4. The number of rotatable bonds is 3. The summed E-state index contributed by atoms with van der Waals surface area (Å²) in [5, 5.41) is 9.16. The smallest absolute Gasteiger partial charge is 0.307 e. The van der Waals surface area contributed by atoms with Crippen molar-refractivity contribution >= 4 is 5.97 Å². The Balaban J connectivity index is 2.43. The monoisotopic (exact) mass is 262 g/mol. The van der Waals surface area contributed by atoms with Crippen LogP contribution in [0.25, 0.3) is 0 Å². The van der Waals surface area contributed by atoms with Gasteiger partial charge in [-0.1, -0.05) is 39.8 Å². The van der Waals surface area contributed by atoms with Crippen molar-refractivity contribution in [1.29, 1.82) is 0 Å². The van der Waals surface area contributed by atoms with Crippen LogP contribution >= 0.6 is 0 Å². The van der Waals surface area contributed by atoms with Crippen molar-refractivity contribution in [2.45, 2.75) is 44.9 Å². The van der Waals surface area contributed by atoms with E-state index in [0.29, 0.717) is 0 Å². The van der Waals surface area contributed by atoms with Crippen molar-refractivity contribution in [2.75, 3.05) is 7.11 Å². The predicted octanol–water partition coefficient (Wildman–Crippen LogP) is 3.35. The van der Waals surface area contributed by atoms with Crippen LogP contribution in [0.1, 0.15) is 45.2 Å². The second kappa shape index (κ2) is 4.26. The molecule has 1 N–H and O–H groups in total. The van der Waals surface area contributed by atoms with E-state index in [9.17, 15) is 4.79 Å². The van der Waals surface area contributed by atoms with Gasteiger partial charge >= 0.3 is 5.97 Å². The van der Waals surface area contributed by atoms with E-state index in [-0.39, 0.29) is 16.7 Å². The summed E-state index contributed by atoms with van der Waals surface area (Å²) >= 11 is 0. The van der Waals surface area contributed by atoms with Gasteiger partial charge in [0.2, 0.25) is 0 Å². The zero-order valence-corrected chi connectivity index (χ0v) is 12.3. The van der Waals surface area contributed by atoms with Crippen molar-refractivity contribution in [3.8, 4) is 5.75 Å². The number of hydrogen-bond donors (Lipinski definition) is 1. The van der Waals surface area contributed by atoms with Crippen molar-refractivity contribution in [2.24, 2.45) is 5.92 Å². The topological polar surface area (TPSA) is 46.5 Å². The van der Waals surface area contributed by atoms with Crippen LogP contribution in [0.3, 0.4) is 0 Å². The molecule has 1 aromatic rings. The van der Waals surface area contributed by atoms with E-state index in [4.69, 9.17) is 9.84 Å². The second-order valence-electron chi connectivity index (χ2n) is 6.68. The van der Waals surface area contributed by atoms with Gasteiger partial charge in [0.15, 0.2) is 0 Å². The molecule has 1 saturated carbocycles. The highest BCUT2D eigenvalue weighted by Gasteiger charge is 2.56. The van der Waals surface area contributed by atoms with E-state index in [1.54, 1.807) is 7.11 Å². The number of carbonyl (C=O) groups is 1. The third-order valence-electron chi connectivity index (χ3n) is 4.20. The molecule has 2 rings (SSSR count). The van der Waals surface area contributed by atoms with Crippen molar-refractivity contribution in [1.82, 2.24) is 0 Å². The average Bonchev–Trinajstić information content (AvgIpc) is 3.01. The van der Waals surface area contributed by atoms with Crippen LogP contribution in [-0.2, 0) is 15.6 Å². The fourth-order valence-electron chi connectivity index (χ4n) is 2.69. The van der Waals surface area contributed by atoms with E-state index < -0.39 is 5.97 Å². The molecular weight excluding hydrogens is 240 g/mol. The van der Waals surface area contributed by atoms with E-state index in [2.05, 4.69) is 26.8 Å². The van der Waals surface area contributed by atoms with Gasteiger partial charge in [0, 0.05) is 5.41 Å². The fourth-order valence-corrected chi connectivity index (χ4v) is 2.69. The van der Waals surface area contributed by atoms with E-state index in [0.717, 1.165) is 23.3 Å². The van der Waals surface area contributed by atoms with Gasteiger partial charge in [0.25, 0.3) is 0 Å². The lowest BCUT2D eigenvalue weighted by Gasteiger charge is -2.24. The zero-order valence-electron chi connectivity index (χ0n) is 12.3. The molecule has 0 spiro atoms. The Labute approximate surface area is 114 Å². The summed E-state index contributed by atoms with van der Waals surface area (Å²) in [5.41, 5.74) is 1.99. The van der Waals surface area contributed by atoms with Crippen LogP contribution in [-0.4, -0.2) is 18.2 Å². The summed E-state index contributed by atoms with van der Waals surface area (Å²) in [6.45, 7) is 8.44. The number of hydrogen-bond acceptors (Lipinski definition) is 2. The molecule has 2 atom stereocenters. The number of benzene rings is 1. The quantitative estimate of drug-likeness (QED) is 0.908. The van der Waals surface area contributed by atoms with Gasteiger partial charge < -0.3 is 9.84 Å². The van der Waals surface area contributed by atoms with Crippen LogP contribution < -0.4 is 4.74 Å². The molecule has 2 unspecified atom stereocenters. The molecule has 1 aromatic carbocycles. The molecule has 1 fully saturated rings. The number of ether oxygens (including phenoxy) is 1. The first kappa shape index (κ1) is 13.9. The van der Waals surface area contributed by atoms with Crippen molar-refractivity contribution in [3.05, 3.63) is 29.3 Å². The minimum atomic E-state index is -0.698. The molecule has 1 aliphatic carbocycles. The molecule has 3 heteroatoms. The second-order valence-corrected chi connectivity index (χ2v) is 6.68. The summed E-state index contributed by atoms with van der Waals surface area (Å²) in [5.74, 6) is -0.0864. The Bertz CT molecular complexity index is 513. The lowest BCUT2D eigenvalue weighted by Crippen LogP contribution is -2.16. The van der Waals surface area contributed by atoms with Crippen LogP contribution in [0.5, 0.6) is 5.75 Å². The number of methoxy groups -OCH3 is 1. The minimum absolute atomic E-state index is 0.0225. The average molecular weight is 262 g/mol.